The summed E-state index contributed by atoms with van der Waals surface area (Å²) in [4.78, 5) is 11.3. The minimum atomic E-state index is -0.0995. The molecule has 0 unspecified atom stereocenters. The van der Waals surface area contributed by atoms with Gasteiger partial charge in [0, 0.05) is 35.0 Å². The highest BCUT2D eigenvalue weighted by molar-refractivity contribution is 6.30. The van der Waals surface area contributed by atoms with Gasteiger partial charge in [-0.3, -0.25) is 4.79 Å². The molecule has 1 aromatic heterocycles. The highest BCUT2D eigenvalue weighted by Gasteiger charge is 2.08. The van der Waals surface area contributed by atoms with Crippen LogP contribution in [0.2, 0.25) is 5.02 Å². The van der Waals surface area contributed by atoms with Gasteiger partial charge in [-0.05, 0) is 30.3 Å². The third-order valence-corrected chi connectivity index (χ3v) is 3.47. The molecule has 0 aliphatic carbocycles. The van der Waals surface area contributed by atoms with Crippen LogP contribution in [0, 0.1) is 0 Å². The first-order valence-corrected chi connectivity index (χ1v) is 7.19. The van der Waals surface area contributed by atoms with Crippen molar-refractivity contribution in [3.8, 4) is 16.8 Å². The number of amides is 1. The fraction of sp³-hybridized carbons (Fsp3) is 0.0588. The monoisotopic (exact) mass is 311 g/mol. The van der Waals surface area contributed by atoms with Crippen LogP contribution in [0.1, 0.15) is 6.92 Å². The Hall–Kier alpha value is -2.59. The maximum atomic E-state index is 11.3. The average Bonchev–Trinajstić information content (AvgIpc) is 2.97. The minimum Gasteiger partial charge on any atom is -0.326 e. The molecule has 4 nitrogen and oxygen atoms in total. The van der Waals surface area contributed by atoms with Crippen LogP contribution in [-0.4, -0.2) is 15.7 Å². The first-order valence-electron chi connectivity index (χ1n) is 6.81. The fourth-order valence-corrected chi connectivity index (χ4v) is 2.36. The van der Waals surface area contributed by atoms with Gasteiger partial charge in [-0.25, -0.2) is 4.68 Å². The maximum Gasteiger partial charge on any atom is 0.221 e. The molecule has 1 amide bonds. The largest absolute Gasteiger partial charge is 0.326 e. The van der Waals surface area contributed by atoms with E-state index in [2.05, 4.69) is 10.4 Å². The van der Waals surface area contributed by atoms with Crippen LogP contribution in [0.5, 0.6) is 0 Å². The molecule has 0 saturated carbocycles. The molecule has 0 aliphatic heterocycles. The lowest BCUT2D eigenvalue weighted by Crippen LogP contribution is -2.06. The first-order chi connectivity index (χ1) is 10.6. The molecule has 1 heterocycles. The van der Waals surface area contributed by atoms with Gasteiger partial charge in [-0.2, -0.15) is 5.10 Å². The van der Waals surface area contributed by atoms with Crippen molar-refractivity contribution in [3.63, 3.8) is 0 Å². The third-order valence-electron chi connectivity index (χ3n) is 3.22. The zero-order valence-corrected chi connectivity index (χ0v) is 12.7. The van der Waals surface area contributed by atoms with Crippen molar-refractivity contribution in [2.45, 2.75) is 6.92 Å². The van der Waals surface area contributed by atoms with E-state index in [1.807, 2.05) is 54.7 Å². The number of hydrogen-bond donors (Lipinski definition) is 1. The van der Waals surface area contributed by atoms with E-state index in [9.17, 15) is 4.79 Å². The summed E-state index contributed by atoms with van der Waals surface area (Å²) in [7, 11) is 0. The number of para-hydroxylation sites is 1. The lowest BCUT2D eigenvalue weighted by atomic mass is 10.1. The summed E-state index contributed by atoms with van der Waals surface area (Å²) < 4.78 is 1.77. The zero-order valence-electron chi connectivity index (χ0n) is 12.0. The van der Waals surface area contributed by atoms with Gasteiger partial charge in [-0.15, -0.1) is 0 Å². The second-order valence-electron chi connectivity index (χ2n) is 4.88. The van der Waals surface area contributed by atoms with E-state index in [0.29, 0.717) is 5.02 Å². The fourth-order valence-electron chi connectivity index (χ4n) is 2.23. The second kappa shape index (κ2) is 6.03. The smallest absolute Gasteiger partial charge is 0.221 e. The van der Waals surface area contributed by atoms with Gasteiger partial charge in [0.1, 0.15) is 0 Å². The van der Waals surface area contributed by atoms with E-state index in [4.69, 9.17) is 11.6 Å². The lowest BCUT2D eigenvalue weighted by Gasteiger charge is -2.07. The predicted molar refractivity (Wildman–Crippen MR) is 88.3 cm³/mol. The molecule has 0 atom stereocenters. The van der Waals surface area contributed by atoms with Gasteiger partial charge in [0.05, 0.1) is 11.9 Å². The van der Waals surface area contributed by atoms with Crippen LogP contribution in [0.25, 0.3) is 16.8 Å². The molecule has 0 aliphatic rings. The number of rotatable bonds is 3. The van der Waals surface area contributed by atoms with Crippen molar-refractivity contribution < 1.29 is 4.79 Å². The Kier molecular flexibility index (Phi) is 3.94. The molecule has 0 spiro atoms. The third kappa shape index (κ3) is 3.02. The normalized spacial score (nSPS) is 10.5. The Labute approximate surface area is 133 Å². The zero-order chi connectivity index (χ0) is 15.5. The number of aromatic nitrogens is 2. The van der Waals surface area contributed by atoms with E-state index < -0.39 is 0 Å². The van der Waals surface area contributed by atoms with Crippen molar-refractivity contribution in [2.24, 2.45) is 0 Å². The highest BCUT2D eigenvalue weighted by Crippen LogP contribution is 2.28. The van der Waals surface area contributed by atoms with E-state index in [0.717, 1.165) is 22.5 Å². The van der Waals surface area contributed by atoms with Gasteiger partial charge in [0.15, 0.2) is 0 Å². The molecular weight excluding hydrogens is 298 g/mol. The Bertz CT molecular complexity index is 809. The molecule has 22 heavy (non-hydrogen) atoms. The number of nitrogens with zero attached hydrogens (tertiary/aromatic N) is 2. The highest BCUT2D eigenvalue weighted by atomic mass is 35.5. The quantitative estimate of drug-likeness (QED) is 0.790. The number of nitrogens with one attached hydrogen (secondary N) is 1. The van der Waals surface area contributed by atoms with E-state index in [-0.39, 0.29) is 5.91 Å². The number of benzene rings is 2. The number of hydrogen-bond acceptors (Lipinski definition) is 2. The Morgan fingerprint density at radius 3 is 2.59 bits per heavy atom. The summed E-state index contributed by atoms with van der Waals surface area (Å²) in [5.74, 6) is -0.0995. The van der Waals surface area contributed by atoms with Gasteiger partial charge >= 0.3 is 0 Å². The SMILES string of the molecule is CC(=O)Nc1ccccc1-c1cnn(-c2ccc(Cl)cc2)c1. The van der Waals surface area contributed by atoms with Crippen LogP contribution < -0.4 is 5.32 Å². The molecule has 0 radical (unpaired) electrons. The standard InChI is InChI=1S/C17H14ClN3O/c1-12(22)20-17-5-3-2-4-16(17)13-10-19-21(11-13)15-8-6-14(18)7-9-15/h2-11H,1H3,(H,20,22). The average molecular weight is 312 g/mol. The van der Waals surface area contributed by atoms with Crippen LogP contribution in [0.4, 0.5) is 5.69 Å². The van der Waals surface area contributed by atoms with Gasteiger partial charge in [-0.1, -0.05) is 29.8 Å². The topological polar surface area (TPSA) is 46.9 Å². The maximum absolute atomic E-state index is 11.3. The first kappa shape index (κ1) is 14.4. The van der Waals surface area contributed by atoms with E-state index >= 15 is 0 Å². The van der Waals surface area contributed by atoms with Crippen LogP contribution in [0.3, 0.4) is 0 Å². The molecular formula is C17H14ClN3O. The summed E-state index contributed by atoms with van der Waals surface area (Å²) in [6, 6.07) is 15.1. The van der Waals surface area contributed by atoms with Gasteiger partial charge in [0.25, 0.3) is 0 Å². The molecule has 0 fully saturated rings. The van der Waals surface area contributed by atoms with Crippen molar-refractivity contribution in [1.82, 2.24) is 9.78 Å². The molecule has 3 rings (SSSR count). The van der Waals surface area contributed by atoms with E-state index in [1.54, 1.807) is 10.9 Å². The lowest BCUT2D eigenvalue weighted by molar-refractivity contribution is -0.114. The van der Waals surface area contributed by atoms with Crippen molar-refractivity contribution in [1.29, 1.82) is 0 Å². The van der Waals surface area contributed by atoms with Gasteiger partial charge in [0.2, 0.25) is 5.91 Å². The van der Waals surface area contributed by atoms with Crippen molar-refractivity contribution in [3.05, 3.63) is 65.9 Å². The summed E-state index contributed by atoms with van der Waals surface area (Å²) in [6.07, 6.45) is 3.69. The van der Waals surface area contributed by atoms with E-state index in [1.165, 1.54) is 6.92 Å². The molecule has 3 aromatic rings. The summed E-state index contributed by atoms with van der Waals surface area (Å²) >= 11 is 5.90. The summed E-state index contributed by atoms with van der Waals surface area (Å²) in [5.41, 5.74) is 3.55. The molecule has 1 N–H and O–H groups in total. The summed E-state index contributed by atoms with van der Waals surface area (Å²) in [5, 5.41) is 7.90. The molecule has 2 aromatic carbocycles. The second-order valence-corrected chi connectivity index (χ2v) is 5.31. The number of anilines is 1. The predicted octanol–water partition coefficient (Wildman–Crippen LogP) is 4.15. The van der Waals surface area contributed by atoms with Crippen molar-refractivity contribution in [2.75, 3.05) is 5.32 Å². The number of halogens is 1. The Morgan fingerprint density at radius 1 is 1.14 bits per heavy atom. The van der Waals surface area contributed by atoms with Crippen molar-refractivity contribution >= 4 is 23.2 Å². The molecule has 110 valence electrons. The molecule has 0 saturated heterocycles. The molecule has 0 bridgehead atoms. The Morgan fingerprint density at radius 2 is 1.86 bits per heavy atom. The molecule has 5 heteroatoms. The minimum absolute atomic E-state index is 0.0995. The number of carbonyl (C=O) groups is 1. The van der Waals surface area contributed by atoms with Crippen LogP contribution >= 0.6 is 11.6 Å². The van der Waals surface area contributed by atoms with Crippen LogP contribution in [-0.2, 0) is 4.79 Å². The van der Waals surface area contributed by atoms with Crippen LogP contribution in [0.15, 0.2) is 60.9 Å². The van der Waals surface area contributed by atoms with Gasteiger partial charge < -0.3 is 5.32 Å². The summed E-state index contributed by atoms with van der Waals surface area (Å²) in [6.45, 7) is 1.49. The number of carbonyl (C=O) groups excluding carboxylic acids is 1. The Balaban J connectivity index is 1.97.